The molecule has 0 fully saturated rings. The molecular weight excluding hydrogens is 296 g/mol. The van der Waals surface area contributed by atoms with Gasteiger partial charge in [0.1, 0.15) is 0 Å². The quantitative estimate of drug-likeness (QED) is 0.272. The van der Waals surface area contributed by atoms with Crippen molar-refractivity contribution in [3.63, 3.8) is 0 Å². The number of unbranched alkanes of at least 4 members (excludes halogenated alkanes) is 12. The largest absolute Gasteiger partial charge is 0.390 e. The van der Waals surface area contributed by atoms with Gasteiger partial charge in [0, 0.05) is 13.1 Å². The average molecular weight is 343 g/mol. The zero-order valence-corrected chi connectivity index (χ0v) is 16.8. The predicted molar refractivity (Wildman–Crippen MR) is 108 cm³/mol. The van der Waals surface area contributed by atoms with Crippen molar-refractivity contribution in [1.29, 1.82) is 0 Å². The highest BCUT2D eigenvalue weighted by Crippen LogP contribution is 2.10. The van der Waals surface area contributed by atoms with E-state index in [1.807, 2.05) is 0 Å². The Labute approximate surface area is 152 Å². The van der Waals surface area contributed by atoms with E-state index < -0.39 is 0 Å². The van der Waals surface area contributed by atoms with Crippen LogP contribution in [0.4, 0.5) is 0 Å². The van der Waals surface area contributed by atoms with Crippen molar-refractivity contribution in [1.82, 2.24) is 10.6 Å². The van der Waals surface area contributed by atoms with Crippen LogP contribution in [0, 0.1) is 0 Å². The van der Waals surface area contributed by atoms with Gasteiger partial charge in [-0.05, 0) is 25.9 Å². The molecule has 0 aromatic carbocycles. The fourth-order valence-corrected chi connectivity index (χ4v) is 3.02. The molecule has 3 N–H and O–H groups in total. The lowest BCUT2D eigenvalue weighted by Crippen LogP contribution is -2.36. The third-order valence-electron chi connectivity index (χ3n) is 4.67. The van der Waals surface area contributed by atoms with Gasteiger partial charge in [0.25, 0.3) is 0 Å². The summed E-state index contributed by atoms with van der Waals surface area (Å²) in [4.78, 5) is 0. The van der Waals surface area contributed by atoms with E-state index in [1.54, 1.807) is 0 Å². The fraction of sp³-hybridized carbons (Fsp3) is 1.00. The van der Waals surface area contributed by atoms with Crippen LogP contribution in [0.5, 0.6) is 0 Å². The maximum atomic E-state index is 9.89. The van der Waals surface area contributed by atoms with Crippen LogP contribution in [0.3, 0.4) is 0 Å². The summed E-state index contributed by atoms with van der Waals surface area (Å²) >= 11 is 0. The molecule has 0 saturated heterocycles. The monoisotopic (exact) mass is 342 g/mol. The van der Waals surface area contributed by atoms with Crippen molar-refractivity contribution < 1.29 is 5.11 Å². The number of nitrogens with one attached hydrogen (secondary N) is 2. The SMILES string of the molecule is CCCCCCCCCCCCNCC(O)CNCCCCCC. The molecule has 0 aliphatic heterocycles. The molecule has 3 heteroatoms. The standard InChI is InChI=1S/C21H46N2O/c1-3-5-7-9-10-11-12-13-14-16-18-23-20-21(24)19-22-17-15-8-6-4-2/h21-24H,3-20H2,1-2H3. The Hall–Kier alpha value is -0.120. The molecule has 0 aromatic heterocycles. The Kier molecular flexibility index (Phi) is 20.8. The van der Waals surface area contributed by atoms with Crippen LogP contribution in [0.1, 0.15) is 104 Å². The van der Waals surface area contributed by atoms with Crippen LogP contribution in [0.25, 0.3) is 0 Å². The Morgan fingerprint density at radius 1 is 0.542 bits per heavy atom. The molecule has 0 bridgehead atoms. The lowest BCUT2D eigenvalue weighted by molar-refractivity contribution is 0.168. The topological polar surface area (TPSA) is 44.3 Å². The minimum atomic E-state index is -0.251. The number of rotatable bonds is 20. The van der Waals surface area contributed by atoms with Gasteiger partial charge in [-0.15, -0.1) is 0 Å². The van der Waals surface area contributed by atoms with Crippen molar-refractivity contribution in [3.05, 3.63) is 0 Å². The molecule has 1 unspecified atom stereocenters. The van der Waals surface area contributed by atoms with Crippen LogP contribution in [-0.4, -0.2) is 37.4 Å². The summed E-state index contributed by atoms with van der Waals surface area (Å²) in [5.41, 5.74) is 0. The Balaban J connectivity index is 3.10. The van der Waals surface area contributed by atoms with Gasteiger partial charge in [-0.1, -0.05) is 90.9 Å². The van der Waals surface area contributed by atoms with Crippen molar-refractivity contribution in [3.8, 4) is 0 Å². The van der Waals surface area contributed by atoms with Gasteiger partial charge in [-0.3, -0.25) is 0 Å². The smallest absolute Gasteiger partial charge is 0.0788 e. The van der Waals surface area contributed by atoms with Gasteiger partial charge in [0.2, 0.25) is 0 Å². The number of hydrogen-bond acceptors (Lipinski definition) is 3. The van der Waals surface area contributed by atoms with Crippen LogP contribution >= 0.6 is 0 Å². The maximum absolute atomic E-state index is 9.89. The molecule has 0 rings (SSSR count). The van der Waals surface area contributed by atoms with Gasteiger partial charge in [0.15, 0.2) is 0 Å². The lowest BCUT2D eigenvalue weighted by Gasteiger charge is -2.13. The normalized spacial score (nSPS) is 12.6. The second-order valence-electron chi connectivity index (χ2n) is 7.30. The van der Waals surface area contributed by atoms with E-state index in [-0.39, 0.29) is 6.10 Å². The minimum absolute atomic E-state index is 0.251. The van der Waals surface area contributed by atoms with E-state index >= 15 is 0 Å². The van der Waals surface area contributed by atoms with Crippen LogP contribution < -0.4 is 10.6 Å². The molecule has 0 heterocycles. The average Bonchev–Trinajstić information content (AvgIpc) is 2.59. The van der Waals surface area contributed by atoms with Gasteiger partial charge in [0.05, 0.1) is 6.10 Å². The van der Waals surface area contributed by atoms with Crippen LogP contribution in [0.15, 0.2) is 0 Å². The van der Waals surface area contributed by atoms with Crippen LogP contribution in [0.2, 0.25) is 0 Å². The Morgan fingerprint density at radius 3 is 1.29 bits per heavy atom. The van der Waals surface area contributed by atoms with Crippen LogP contribution in [-0.2, 0) is 0 Å². The third-order valence-corrected chi connectivity index (χ3v) is 4.67. The number of aliphatic hydroxyl groups is 1. The summed E-state index contributed by atoms with van der Waals surface area (Å²) in [5.74, 6) is 0. The highest BCUT2D eigenvalue weighted by molar-refractivity contribution is 4.63. The zero-order chi connectivity index (χ0) is 17.7. The molecule has 1 atom stereocenters. The molecule has 0 radical (unpaired) electrons. The van der Waals surface area contributed by atoms with E-state index in [4.69, 9.17) is 0 Å². The van der Waals surface area contributed by atoms with Gasteiger partial charge in [-0.2, -0.15) is 0 Å². The second kappa shape index (κ2) is 20.9. The fourth-order valence-electron chi connectivity index (χ4n) is 3.02. The maximum Gasteiger partial charge on any atom is 0.0788 e. The number of hydrogen-bond donors (Lipinski definition) is 3. The molecular formula is C21H46N2O. The summed E-state index contributed by atoms with van der Waals surface area (Å²) in [7, 11) is 0. The molecule has 0 saturated carbocycles. The molecule has 0 aliphatic rings. The van der Waals surface area contributed by atoms with Gasteiger partial charge in [-0.25, -0.2) is 0 Å². The minimum Gasteiger partial charge on any atom is -0.390 e. The molecule has 0 spiro atoms. The molecule has 0 amide bonds. The van der Waals surface area contributed by atoms with Gasteiger partial charge >= 0.3 is 0 Å². The highest BCUT2D eigenvalue weighted by atomic mass is 16.3. The summed E-state index contributed by atoms with van der Waals surface area (Å²) in [5, 5.41) is 16.6. The van der Waals surface area contributed by atoms with E-state index in [9.17, 15) is 5.11 Å². The highest BCUT2D eigenvalue weighted by Gasteiger charge is 2.02. The van der Waals surface area contributed by atoms with E-state index in [0.717, 1.165) is 26.2 Å². The van der Waals surface area contributed by atoms with Crippen molar-refractivity contribution >= 4 is 0 Å². The van der Waals surface area contributed by atoms with Crippen molar-refractivity contribution in [2.75, 3.05) is 26.2 Å². The summed E-state index contributed by atoms with van der Waals surface area (Å²) in [6.07, 6.45) is 18.7. The molecule has 24 heavy (non-hydrogen) atoms. The molecule has 0 aromatic rings. The molecule has 146 valence electrons. The molecule has 0 aliphatic carbocycles. The third kappa shape index (κ3) is 19.9. The van der Waals surface area contributed by atoms with Gasteiger partial charge < -0.3 is 15.7 Å². The molecule has 3 nitrogen and oxygen atoms in total. The second-order valence-corrected chi connectivity index (χ2v) is 7.30. The zero-order valence-electron chi connectivity index (χ0n) is 16.8. The lowest BCUT2D eigenvalue weighted by atomic mass is 10.1. The van der Waals surface area contributed by atoms with E-state index in [0.29, 0.717) is 0 Å². The van der Waals surface area contributed by atoms with E-state index in [1.165, 1.54) is 89.9 Å². The Morgan fingerprint density at radius 2 is 0.875 bits per heavy atom. The summed E-state index contributed by atoms with van der Waals surface area (Å²) in [6, 6.07) is 0. The van der Waals surface area contributed by atoms with Crippen molar-refractivity contribution in [2.45, 2.75) is 110 Å². The Bertz CT molecular complexity index is 224. The first-order chi connectivity index (χ1) is 11.8. The summed E-state index contributed by atoms with van der Waals surface area (Å²) < 4.78 is 0. The number of aliphatic hydroxyl groups excluding tert-OH is 1. The van der Waals surface area contributed by atoms with Crippen molar-refractivity contribution in [2.24, 2.45) is 0 Å². The summed E-state index contributed by atoms with van der Waals surface area (Å²) in [6.45, 7) is 8.03. The first kappa shape index (κ1) is 23.9. The first-order valence-corrected chi connectivity index (χ1v) is 10.9. The van der Waals surface area contributed by atoms with E-state index in [2.05, 4.69) is 24.5 Å². The predicted octanol–water partition coefficient (Wildman–Crippen LogP) is 5.03. The first-order valence-electron chi connectivity index (χ1n) is 10.9.